The summed E-state index contributed by atoms with van der Waals surface area (Å²) in [5, 5.41) is 9.45. The molecule has 1 aromatic carbocycles. The number of carbonyl (C=O) groups is 1. The van der Waals surface area contributed by atoms with Crippen LogP contribution in [0.1, 0.15) is 36.5 Å². The summed E-state index contributed by atoms with van der Waals surface area (Å²) in [6.07, 6.45) is 2.79. The van der Waals surface area contributed by atoms with Crippen LogP contribution in [0, 0.1) is 0 Å². The maximum absolute atomic E-state index is 10.8. The van der Waals surface area contributed by atoms with Gasteiger partial charge < -0.3 is 14.0 Å². The van der Waals surface area contributed by atoms with E-state index in [9.17, 15) is 4.79 Å². The van der Waals surface area contributed by atoms with E-state index in [-0.39, 0.29) is 0 Å². The number of carbonyl (C=O) groups excluding carboxylic acids is 1. The number of nitrogens with zero attached hydrogens (tertiary/aromatic N) is 3. The number of aromatic nitrogens is 3. The second kappa shape index (κ2) is 9.32. The van der Waals surface area contributed by atoms with Gasteiger partial charge in [0.1, 0.15) is 12.1 Å². The first-order valence-corrected chi connectivity index (χ1v) is 9.02. The standard InChI is InChI=1S/C17H23N3O3S/c1-4-6-16-18-19-17(20(16)5-2)24-10-9-23-14-8-7-13(12-21)11-15(14)22-3/h7-8,11-12H,4-6,9-10H2,1-3H3. The van der Waals surface area contributed by atoms with Gasteiger partial charge in [0.25, 0.3) is 0 Å². The summed E-state index contributed by atoms with van der Waals surface area (Å²) in [5.74, 6) is 2.98. The van der Waals surface area contributed by atoms with E-state index < -0.39 is 0 Å². The van der Waals surface area contributed by atoms with Crippen molar-refractivity contribution in [3.63, 3.8) is 0 Å². The number of ether oxygens (including phenoxy) is 2. The van der Waals surface area contributed by atoms with E-state index in [0.717, 1.165) is 42.4 Å². The number of benzene rings is 1. The Morgan fingerprint density at radius 2 is 2.08 bits per heavy atom. The molecule has 2 aromatic rings. The zero-order valence-corrected chi connectivity index (χ0v) is 15.1. The topological polar surface area (TPSA) is 66.2 Å². The average Bonchev–Trinajstić information content (AvgIpc) is 3.00. The van der Waals surface area contributed by atoms with Crippen LogP contribution in [-0.2, 0) is 13.0 Å². The van der Waals surface area contributed by atoms with Gasteiger partial charge in [0, 0.05) is 24.3 Å². The number of methoxy groups -OCH3 is 1. The van der Waals surface area contributed by atoms with E-state index >= 15 is 0 Å². The molecule has 0 aliphatic rings. The van der Waals surface area contributed by atoms with Crippen LogP contribution in [0.4, 0.5) is 0 Å². The SMILES string of the molecule is CCCc1nnc(SCCOc2ccc(C=O)cc2OC)n1CC. The summed E-state index contributed by atoms with van der Waals surface area (Å²) in [7, 11) is 1.56. The van der Waals surface area contributed by atoms with Crippen molar-refractivity contribution in [2.45, 2.75) is 38.4 Å². The van der Waals surface area contributed by atoms with Gasteiger partial charge in [0.15, 0.2) is 16.7 Å². The second-order valence-electron chi connectivity index (χ2n) is 5.12. The highest BCUT2D eigenvalue weighted by molar-refractivity contribution is 7.99. The molecule has 0 bridgehead atoms. The van der Waals surface area contributed by atoms with Gasteiger partial charge in [0.05, 0.1) is 13.7 Å². The minimum absolute atomic E-state index is 0.515. The van der Waals surface area contributed by atoms with E-state index in [0.29, 0.717) is 23.7 Å². The highest BCUT2D eigenvalue weighted by Crippen LogP contribution is 2.28. The maximum Gasteiger partial charge on any atom is 0.191 e. The predicted octanol–water partition coefficient (Wildman–Crippen LogP) is 3.24. The quantitative estimate of drug-likeness (QED) is 0.373. The van der Waals surface area contributed by atoms with E-state index in [1.165, 1.54) is 0 Å². The first kappa shape index (κ1) is 18.3. The molecule has 24 heavy (non-hydrogen) atoms. The Morgan fingerprint density at radius 1 is 1.25 bits per heavy atom. The molecule has 0 fully saturated rings. The summed E-state index contributed by atoms with van der Waals surface area (Å²) in [5.41, 5.74) is 0.563. The predicted molar refractivity (Wildman–Crippen MR) is 94.3 cm³/mol. The molecule has 1 heterocycles. The molecule has 0 aliphatic heterocycles. The lowest BCUT2D eigenvalue weighted by molar-refractivity contribution is 0.112. The van der Waals surface area contributed by atoms with Crippen LogP contribution < -0.4 is 9.47 Å². The summed E-state index contributed by atoms with van der Waals surface area (Å²) in [6.45, 7) is 5.62. The van der Waals surface area contributed by atoms with Crippen LogP contribution in [0.5, 0.6) is 11.5 Å². The van der Waals surface area contributed by atoms with Crippen LogP contribution in [0.2, 0.25) is 0 Å². The Hall–Kier alpha value is -2.02. The van der Waals surface area contributed by atoms with Crippen molar-refractivity contribution in [3.05, 3.63) is 29.6 Å². The first-order valence-electron chi connectivity index (χ1n) is 8.04. The molecular formula is C17H23N3O3S. The van der Waals surface area contributed by atoms with E-state index in [4.69, 9.17) is 9.47 Å². The Labute approximate surface area is 146 Å². The third-order valence-electron chi connectivity index (χ3n) is 3.48. The van der Waals surface area contributed by atoms with Crippen LogP contribution in [-0.4, -0.2) is 40.5 Å². The van der Waals surface area contributed by atoms with Crippen LogP contribution >= 0.6 is 11.8 Å². The summed E-state index contributed by atoms with van der Waals surface area (Å²) in [4.78, 5) is 10.8. The molecule has 0 aliphatic carbocycles. The largest absolute Gasteiger partial charge is 0.493 e. The van der Waals surface area contributed by atoms with Crippen LogP contribution in [0.3, 0.4) is 0 Å². The number of hydrogen-bond acceptors (Lipinski definition) is 6. The van der Waals surface area contributed by atoms with Gasteiger partial charge in [0.2, 0.25) is 0 Å². The van der Waals surface area contributed by atoms with Gasteiger partial charge >= 0.3 is 0 Å². The molecule has 1 aromatic heterocycles. The first-order chi connectivity index (χ1) is 11.7. The number of hydrogen-bond donors (Lipinski definition) is 0. The second-order valence-corrected chi connectivity index (χ2v) is 6.18. The minimum Gasteiger partial charge on any atom is -0.493 e. The molecule has 0 spiro atoms. The molecule has 0 amide bonds. The lowest BCUT2D eigenvalue weighted by Crippen LogP contribution is -2.05. The van der Waals surface area contributed by atoms with E-state index in [1.54, 1.807) is 37.1 Å². The van der Waals surface area contributed by atoms with Gasteiger partial charge in [-0.2, -0.15) is 0 Å². The fraction of sp³-hybridized carbons (Fsp3) is 0.471. The lowest BCUT2D eigenvalue weighted by Gasteiger charge is -2.11. The fourth-order valence-electron chi connectivity index (χ4n) is 2.31. The van der Waals surface area contributed by atoms with Gasteiger partial charge in [-0.05, 0) is 31.5 Å². The Bertz CT molecular complexity index is 673. The molecule has 7 heteroatoms. The molecule has 0 unspecified atom stereocenters. The number of aryl methyl sites for hydroxylation is 1. The van der Waals surface area contributed by atoms with Crippen molar-refractivity contribution >= 4 is 18.0 Å². The van der Waals surface area contributed by atoms with Gasteiger partial charge in [-0.3, -0.25) is 4.79 Å². The third kappa shape index (κ3) is 4.50. The van der Waals surface area contributed by atoms with E-state index in [2.05, 4.69) is 28.6 Å². The molecule has 0 N–H and O–H groups in total. The molecule has 0 radical (unpaired) electrons. The summed E-state index contributed by atoms with van der Waals surface area (Å²) in [6, 6.07) is 5.13. The molecule has 130 valence electrons. The van der Waals surface area contributed by atoms with Crippen molar-refractivity contribution in [1.82, 2.24) is 14.8 Å². The Balaban J connectivity index is 1.90. The van der Waals surface area contributed by atoms with Crippen molar-refractivity contribution in [3.8, 4) is 11.5 Å². The van der Waals surface area contributed by atoms with E-state index in [1.807, 2.05) is 0 Å². The zero-order chi connectivity index (χ0) is 17.4. The molecule has 0 saturated heterocycles. The average molecular weight is 349 g/mol. The van der Waals surface area contributed by atoms with Crippen molar-refractivity contribution in [1.29, 1.82) is 0 Å². The maximum atomic E-state index is 10.8. The van der Waals surface area contributed by atoms with Crippen LogP contribution in [0.25, 0.3) is 0 Å². The number of rotatable bonds is 10. The van der Waals surface area contributed by atoms with Crippen molar-refractivity contribution in [2.24, 2.45) is 0 Å². The Morgan fingerprint density at radius 3 is 2.75 bits per heavy atom. The molecule has 0 saturated carbocycles. The highest BCUT2D eigenvalue weighted by atomic mass is 32.2. The third-order valence-corrected chi connectivity index (χ3v) is 4.41. The molecule has 0 atom stereocenters. The molecule has 2 rings (SSSR count). The molecule has 6 nitrogen and oxygen atoms in total. The van der Waals surface area contributed by atoms with Crippen LogP contribution in [0.15, 0.2) is 23.4 Å². The summed E-state index contributed by atoms with van der Waals surface area (Å²) >= 11 is 1.63. The number of aldehydes is 1. The van der Waals surface area contributed by atoms with Gasteiger partial charge in [-0.15, -0.1) is 10.2 Å². The lowest BCUT2D eigenvalue weighted by atomic mass is 10.2. The normalized spacial score (nSPS) is 10.6. The number of thioether (sulfide) groups is 1. The zero-order valence-electron chi connectivity index (χ0n) is 14.3. The smallest absolute Gasteiger partial charge is 0.191 e. The molecular weight excluding hydrogens is 326 g/mol. The van der Waals surface area contributed by atoms with Gasteiger partial charge in [-0.25, -0.2) is 0 Å². The van der Waals surface area contributed by atoms with Gasteiger partial charge in [-0.1, -0.05) is 18.7 Å². The fourth-order valence-corrected chi connectivity index (χ4v) is 3.15. The monoisotopic (exact) mass is 349 g/mol. The summed E-state index contributed by atoms with van der Waals surface area (Å²) < 4.78 is 13.2. The Kier molecular flexibility index (Phi) is 7.11. The highest BCUT2D eigenvalue weighted by Gasteiger charge is 2.11. The van der Waals surface area contributed by atoms with Crippen molar-refractivity contribution in [2.75, 3.05) is 19.5 Å². The minimum atomic E-state index is 0.515. The van der Waals surface area contributed by atoms with Crippen molar-refractivity contribution < 1.29 is 14.3 Å².